The normalized spacial score (nSPS) is 14.5. The summed E-state index contributed by atoms with van der Waals surface area (Å²) in [6.45, 7) is 4.44. The molecule has 0 bridgehead atoms. The van der Waals surface area contributed by atoms with Crippen LogP contribution in [-0.4, -0.2) is 11.8 Å². The van der Waals surface area contributed by atoms with E-state index in [1.54, 1.807) is 11.3 Å². The lowest BCUT2D eigenvalue weighted by Crippen LogP contribution is -2.28. The lowest BCUT2D eigenvalue weighted by Gasteiger charge is -2.19. The number of hydrogen-bond donors (Lipinski definition) is 2. The molecule has 0 saturated heterocycles. The summed E-state index contributed by atoms with van der Waals surface area (Å²) in [6.07, 6.45) is 3.63. The third-order valence-electron chi connectivity index (χ3n) is 6.25. The van der Waals surface area contributed by atoms with Crippen molar-refractivity contribution in [2.45, 2.75) is 57.9 Å². The molecule has 2 unspecified atom stereocenters. The topological polar surface area (TPSA) is 58.2 Å². The SMILES string of the molecule is CCC(C)c1ccc(C(NC(=O)CCCc2ccc3c(c2)CC(=O)N3)c2cccs2)cc1. The predicted molar refractivity (Wildman–Crippen MR) is 131 cm³/mol. The Balaban J connectivity index is 1.37. The van der Waals surface area contributed by atoms with Gasteiger partial charge in [-0.15, -0.1) is 11.3 Å². The first kappa shape index (κ1) is 22.3. The molecule has 32 heavy (non-hydrogen) atoms. The Morgan fingerprint density at radius 3 is 2.62 bits per heavy atom. The molecule has 3 aromatic rings. The van der Waals surface area contributed by atoms with E-state index in [-0.39, 0.29) is 17.9 Å². The van der Waals surface area contributed by atoms with Crippen LogP contribution in [0.3, 0.4) is 0 Å². The second-order valence-electron chi connectivity index (χ2n) is 8.56. The van der Waals surface area contributed by atoms with Crippen molar-refractivity contribution in [3.05, 3.63) is 87.1 Å². The van der Waals surface area contributed by atoms with E-state index in [4.69, 9.17) is 0 Å². The number of amides is 2. The molecule has 2 amide bonds. The van der Waals surface area contributed by atoms with Crippen LogP contribution in [0.5, 0.6) is 0 Å². The highest BCUT2D eigenvalue weighted by atomic mass is 32.1. The van der Waals surface area contributed by atoms with Crippen LogP contribution >= 0.6 is 11.3 Å². The molecule has 0 radical (unpaired) electrons. The molecule has 0 fully saturated rings. The number of benzene rings is 2. The van der Waals surface area contributed by atoms with Gasteiger partial charge in [0, 0.05) is 17.0 Å². The van der Waals surface area contributed by atoms with Gasteiger partial charge in [-0.1, -0.05) is 56.3 Å². The van der Waals surface area contributed by atoms with Crippen LogP contribution in [0.1, 0.15) is 72.2 Å². The van der Waals surface area contributed by atoms with Gasteiger partial charge in [-0.05, 0) is 64.9 Å². The van der Waals surface area contributed by atoms with Crippen LogP contribution < -0.4 is 10.6 Å². The van der Waals surface area contributed by atoms with Crippen molar-refractivity contribution >= 4 is 28.8 Å². The van der Waals surface area contributed by atoms with E-state index < -0.39 is 0 Å². The summed E-state index contributed by atoms with van der Waals surface area (Å²) < 4.78 is 0. The quantitative estimate of drug-likeness (QED) is 0.424. The molecule has 2 heterocycles. The summed E-state index contributed by atoms with van der Waals surface area (Å²) in [5.41, 5.74) is 5.58. The predicted octanol–water partition coefficient (Wildman–Crippen LogP) is 5.98. The zero-order chi connectivity index (χ0) is 22.5. The Morgan fingerprint density at radius 1 is 1.12 bits per heavy atom. The van der Waals surface area contributed by atoms with Gasteiger partial charge >= 0.3 is 0 Å². The molecule has 1 aliphatic rings. The zero-order valence-electron chi connectivity index (χ0n) is 18.7. The number of fused-ring (bicyclic) bond motifs is 1. The van der Waals surface area contributed by atoms with Crippen molar-refractivity contribution < 1.29 is 9.59 Å². The first-order valence-electron chi connectivity index (χ1n) is 11.4. The second-order valence-corrected chi connectivity index (χ2v) is 9.54. The monoisotopic (exact) mass is 446 g/mol. The van der Waals surface area contributed by atoms with Crippen molar-refractivity contribution in [1.82, 2.24) is 5.32 Å². The number of nitrogens with one attached hydrogen (secondary N) is 2. The Hall–Kier alpha value is -2.92. The van der Waals surface area contributed by atoms with E-state index in [1.807, 2.05) is 18.2 Å². The molecule has 4 rings (SSSR count). The van der Waals surface area contributed by atoms with Crippen LogP contribution in [0.25, 0.3) is 0 Å². The number of rotatable bonds is 9. The number of anilines is 1. The van der Waals surface area contributed by atoms with Gasteiger partial charge in [0.2, 0.25) is 11.8 Å². The van der Waals surface area contributed by atoms with Gasteiger partial charge in [-0.2, -0.15) is 0 Å². The fourth-order valence-corrected chi connectivity index (χ4v) is 4.95. The van der Waals surface area contributed by atoms with Crippen LogP contribution in [-0.2, 0) is 22.4 Å². The summed E-state index contributed by atoms with van der Waals surface area (Å²) in [5, 5.41) is 8.16. The van der Waals surface area contributed by atoms with Gasteiger partial charge in [0.15, 0.2) is 0 Å². The van der Waals surface area contributed by atoms with Crippen LogP contribution in [0.2, 0.25) is 0 Å². The molecule has 2 N–H and O–H groups in total. The van der Waals surface area contributed by atoms with Gasteiger partial charge in [-0.25, -0.2) is 0 Å². The van der Waals surface area contributed by atoms with Crippen molar-refractivity contribution in [3.63, 3.8) is 0 Å². The van der Waals surface area contributed by atoms with Crippen molar-refractivity contribution in [2.75, 3.05) is 5.32 Å². The molecule has 4 nitrogen and oxygen atoms in total. The molecule has 1 aromatic heterocycles. The van der Waals surface area contributed by atoms with Crippen molar-refractivity contribution in [2.24, 2.45) is 0 Å². The molecule has 0 spiro atoms. The summed E-state index contributed by atoms with van der Waals surface area (Å²) >= 11 is 1.67. The van der Waals surface area contributed by atoms with Gasteiger partial charge in [-0.3, -0.25) is 9.59 Å². The number of thiophene rings is 1. The minimum Gasteiger partial charge on any atom is -0.344 e. The van der Waals surface area contributed by atoms with Gasteiger partial charge < -0.3 is 10.6 Å². The molecular formula is C27H30N2O2S. The highest BCUT2D eigenvalue weighted by molar-refractivity contribution is 7.10. The van der Waals surface area contributed by atoms with Crippen molar-refractivity contribution in [1.29, 1.82) is 0 Å². The molecule has 5 heteroatoms. The number of carbonyl (C=O) groups is 2. The van der Waals surface area contributed by atoms with E-state index in [9.17, 15) is 9.59 Å². The number of aryl methyl sites for hydroxylation is 1. The lowest BCUT2D eigenvalue weighted by atomic mass is 9.95. The maximum atomic E-state index is 12.8. The van der Waals surface area contributed by atoms with Crippen molar-refractivity contribution in [3.8, 4) is 0 Å². The molecule has 166 valence electrons. The highest BCUT2D eigenvalue weighted by Gasteiger charge is 2.19. The van der Waals surface area contributed by atoms with E-state index in [1.165, 1.54) is 11.1 Å². The molecule has 0 saturated carbocycles. The minimum absolute atomic E-state index is 0.0494. The van der Waals surface area contributed by atoms with E-state index in [2.05, 4.69) is 66.3 Å². The second kappa shape index (κ2) is 10.1. The van der Waals surface area contributed by atoms with Crippen LogP contribution in [0, 0.1) is 0 Å². The Bertz CT molecular complexity index is 1070. The van der Waals surface area contributed by atoms with E-state index in [0.29, 0.717) is 18.8 Å². The van der Waals surface area contributed by atoms with Gasteiger partial charge in [0.1, 0.15) is 0 Å². The first-order valence-corrected chi connectivity index (χ1v) is 12.3. The maximum absolute atomic E-state index is 12.8. The lowest BCUT2D eigenvalue weighted by molar-refractivity contribution is -0.121. The van der Waals surface area contributed by atoms with Gasteiger partial charge in [0.25, 0.3) is 0 Å². The standard InChI is InChI=1S/C27H30N2O2S/c1-3-18(2)20-10-12-21(13-11-20)27(24-7-5-15-32-24)29-25(30)8-4-6-19-9-14-23-22(16-19)17-26(31)28-23/h5,7,9-16,18,27H,3-4,6,8,17H2,1-2H3,(H,28,31)(H,29,30). The van der Waals surface area contributed by atoms with E-state index in [0.717, 1.165) is 41.0 Å². The average molecular weight is 447 g/mol. The average Bonchev–Trinajstić information content (AvgIpc) is 3.46. The van der Waals surface area contributed by atoms with Crippen LogP contribution in [0.4, 0.5) is 5.69 Å². The largest absolute Gasteiger partial charge is 0.344 e. The maximum Gasteiger partial charge on any atom is 0.228 e. The summed E-state index contributed by atoms with van der Waals surface area (Å²) in [6, 6.07) is 18.7. The zero-order valence-corrected chi connectivity index (χ0v) is 19.5. The summed E-state index contributed by atoms with van der Waals surface area (Å²) in [4.78, 5) is 25.5. The third kappa shape index (κ3) is 5.28. The molecule has 2 aromatic carbocycles. The summed E-state index contributed by atoms with van der Waals surface area (Å²) in [7, 11) is 0. The Labute approximate surface area is 194 Å². The summed E-state index contributed by atoms with van der Waals surface area (Å²) in [5.74, 6) is 0.646. The Kier molecular flexibility index (Phi) is 7.05. The molecule has 1 aliphatic heterocycles. The van der Waals surface area contributed by atoms with Gasteiger partial charge in [0.05, 0.1) is 12.5 Å². The fraction of sp³-hybridized carbons (Fsp3) is 0.333. The number of hydrogen-bond acceptors (Lipinski definition) is 3. The molecule has 0 aliphatic carbocycles. The van der Waals surface area contributed by atoms with Crippen LogP contribution in [0.15, 0.2) is 60.0 Å². The molecule has 2 atom stereocenters. The van der Waals surface area contributed by atoms with E-state index >= 15 is 0 Å². The fourth-order valence-electron chi connectivity index (χ4n) is 4.15. The smallest absolute Gasteiger partial charge is 0.228 e. The third-order valence-corrected chi connectivity index (χ3v) is 7.19. The highest BCUT2D eigenvalue weighted by Crippen LogP contribution is 2.29. The minimum atomic E-state index is -0.120. The molecular weight excluding hydrogens is 416 g/mol. The Morgan fingerprint density at radius 2 is 1.91 bits per heavy atom. The number of carbonyl (C=O) groups excluding carboxylic acids is 2. The first-order chi connectivity index (χ1) is 15.5.